The van der Waals surface area contributed by atoms with Gasteiger partial charge in [0.1, 0.15) is 11.2 Å². The van der Waals surface area contributed by atoms with Crippen molar-refractivity contribution < 1.29 is 25.7 Å². The van der Waals surface area contributed by atoms with Gasteiger partial charge in [0.05, 0.1) is 16.3 Å². The zero-order valence-electron chi connectivity index (χ0n) is 17.8. The molecule has 2 heterocycles. The molecule has 0 aliphatic carbocycles. The van der Waals surface area contributed by atoms with Crippen LogP contribution in [0.1, 0.15) is 5.56 Å². The lowest BCUT2D eigenvalue weighted by Crippen LogP contribution is -2.15. The minimum absolute atomic E-state index is 0.00770. The normalized spacial score (nSPS) is 12.3. The highest BCUT2D eigenvalue weighted by Crippen LogP contribution is 2.30. The van der Waals surface area contributed by atoms with Crippen molar-refractivity contribution in [3.05, 3.63) is 99.9 Å². The molecule has 3 aromatic carbocycles. The molecule has 2 aromatic heterocycles. The van der Waals surface area contributed by atoms with Gasteiger partial charge >= 0.3 is 5.63 Å². The Morgan fingerprint density at radius 3 is 2.31 bits per heavy atom. The Morgan fingerprint density at radius 2 is 1.51 bits per heavy atom. The van der Waals surface area contributed by atoms with Crippen LogP contribution in [0.4, 0.5) is 5.69 Å². The molecule has 8 nitrogen and oxygen atoms in total. The smallest absolute Gasteiger partial charge is 0.336 e. The molecule has 0 aliphatic rings. The fourth-order valence-corrected chi connectivity index (χ4v) is 6.23. The molecule has 0 atom stereocenters. The Bertz CT molecular complexity index is 1840. The maximum Gasteiger partial charge on any atom is 0.336 e. The first-order valence-electron chi connectivity index (χ1n) is 10.2. The summed E-state index contributed by atoms with van der Waals surface area (Å²) >= 11 is 6.08. The van der Waals surface area contributed by atoms with Gasteiger partial charge in [0.2, 0.25) is 5.09 Å². The van der Waals surface area contributed by atoms with Gasteiger partial charge in [-0.15, -0.1) is 0 Å². The molecule has 0 amide bonds. The van der Waals surface area contributed by atoms with Crippen LogP contribution in [0.3, 0.4) is 0 Å². The van der Waals surface area contributed by atoms with Crippen LogP contribution in [0.15, 0.2) is 102 Å². The number of rotatable bonds is 6. The molecule has 5 aromatic rings. The Morgan fingerprint density at radius 1 is 0.771 bits per heavy atom. The number of nitrogens with one attached hydrogen (secondary N) is 1. The van der Waals surface area contributed by atoms with Gasteiger partial charge in [0, 0.05) is 27.9 Å². The topological polar surface area (TPSA) is 124 Å². The van der Waals surface area contributed by atoms with Crippen LogP contribution < -0.4 is 10.3 Å². The summed E-state index contributed by atoms with van der Waals surface area (Å²) in [5.74, 6) is -0.509. The second kappa shape index (κ2) is 8.56. The van der Waals surface area contributed by atoms with Gasteiger partial charge < -0.3 is 8.83 Å². The lowest BCUT2D eigenvalue weighted by atomic mass is 10.2. The minimum atomic E-state index is -4.18. The lowest BCUT2D eigenvalue weighted by Gasteiger charge is -2.13. The van der Waals surface area contributed by atoms with Crippen LogP contribution in [0.2, 0.25) is 5.02 Å². The molecule has 35 heavy (non-hydrogen) atoms. The molecule has 0 spiro atoms. The van der Waals surface area contributed by atoms with Crippen molar-refractivity contribution in [2.75, 3.05) is 4.72 Å². The summed E-state index contributed by atoms with van der Waals surface area (Å²) in [7, 11) is -8.09. The molecule has 178 valence electrons. The summed E-state index contributed by atoms with van der Waals surface area (Å²) < 4.78 is 65.3. The van der Waals surface area contributed by atoms with Gasteiger partial charge in [0.15, 0.2) is 9.84 Å². The van der Waals surface area contributed by atoms with Crippen molar-refractivity contribution in [1.82, 2.24) is 0 Å². The van der Waals surface area contributed by atoms with Gasteiger partial charge in [-0.25, -0.2) is 13.2 Å². The van der Waals surface area contributed by atoms with E-state index in [4.69, 9.17) is 20.4 Å². The largest absolute Gasteiger partial charge is 0.443 e. The third-order valence-electron chi connectivity index (χ3n) is 5.28. The highest BCUT2D eigenvalue weighted by molar-refractivity contribution is 7.92. The van der Waals surface area contributed by atoms with E-state index in [1.54, 1.807) is 24.3 Å². The fourth-order valence-electron chi connectivity index (χ4n) is 3.59. The van der Waals surface area contributed by atoms with E-state index >= 15 is 0 Å². The average Bonchev–Trinajstić information content (AvgIpc) is 3.26. The number of furan rings is 1. The predicted octanol–water partition coefficient (Wildman–Crippen LogP) is 4.97. The quantitative estimate of drug-likeness (QED) is 0.308. The first-order chi connectivity index (χ1) is 16.6. The third-order valence-corrected chi connectivity index (χ3v) is 8.40. The maximum atomic E-state index is 13.2. The van der Waals surface area contributed by atoms with E-state index in [0.717, 1.165) is 0 Å². The van der Waals surface area contributed by atoms with Gasteiger partial charge in [0.25, 0.3) is 10.0 Å². The van der Waals surface area contributed by atoms with Crippen molar-refractivity contribution in [2.45, 2.75) is 15.7 Å². The lowest BCUT2D eigenvalue weighted by molar-refractivity contribution is 0.484. The Hall–Kier alpha value is -3.60. The van der Waals surface area contributed by atoms with Crippen LogP contribution >= 0.6 is 11.6 Å². The molecule has 1 N–H and O–H groups in total. The van der Waals surface area contributed by atoms with Crippen LogP contribution in [0, 0.1) is 0 Å². The van der Waals surface area contributed by atoms with E-state index in [9.17, 15) is 21.6 Å². The predicted molar refractivity (Wildman–Crippen MR) is 132 cm³/mol. The number of fused-ring (bicyclic) bond motifs is 2. The van der Waals surface area contributed by atoms with Crippen LogP contribution in [0.25, 0.3) is 21.9 Å². The monoisotopic (exact) mass is 529 g/mol. The fraction of sp³-hybridized carbons (Fsp3) is 0.0417. The van der Waals surface area contributed by atoms with E-state index in [-0.39, 0.29) is 31.8 Å². The Balaban J connectivity index is 1.49. The molecule has 0 unspecified atom stereocenters. The van der Waals surface area contributed by atoms with Crippen LogP contribution in [0.5, 0.6) is 0 Å². The number of halogens is 1. The zero-order valence-corrected chi connectivity index (χ0v) is 20.2. The summed E-state index contributed by atoms with van der Waals surface area (Å²) in [5.41, 5.74) is 0.300. The maximum absolute atomic E-state index is 13.2. The highest BCUT2D eigenvalue weighted by Gasteiger charge is 2.24. The molecule has 5 rings (SSSR count). The van der Waals surface area contributed by atoms with Crippen LogP contribution in [-0.4, -0.2) is 16.8 Å². The number of hydrogen-bond acceptors (Lipinski definition) is 7. The molecule has 0 fully saturated rings. The Kier molecular flexibility index (Phi) is 5.66. The first-order valence-corrected chi connectivity index (χ1v) is 13.7. The molecular formula is C24H16ClNO7S2. The van der Waals surface area contributed by atoms with Crippen molar-refractivity contribution in [3.8, 4) is 0 Å². The van der Waals surface area contributed by atoms with E-state index < -0.39 is 31.2 Å². The van der Waals surface area contributed by atoms with E-state index in [1.165, 1.54) is 54.6 Å². The second-order valence-electron chi connectivity index (χ2n) is 7.72. The van der Waals surface area contributed by atoms with E-state index in [2.05, 4.69) is 4.72 Å². The number of benzene rings is 3. The average molecular weight is 530 g/mol. The highest BCUT2D eigenvalue weighted by atomic mass is 35.5. The van der Waals surface area contributed by atoms with Crippen LogP contribution in [-0.2, 0) is 25.6 Å². The molecule has 0 bridgehead atoms. The van der Waals surface area contributed by atoms with Crippen molar-refractivity contribution >= 4 is 59.1 Å². The minimum Gasteiger partial charge on any atom is -0.443 e. The summed E-state index contributed by atoms with van der Waals surface area (Å²) in [6, 6.07) is 19.2. The number of para-hydroxylation sites is 1. The molecule has 11 heteroatoms. The third kappa shape index (κ3) is 4.68. The van der Waals surface area contributed by atoms with E-state index in [1.807, 2.05) is 0 Å². The summed E-state index contributed by atoms with van der Waals surface area (Å²) in [5, 5.41) is 0.944. The molecule has 0 saturated carbocycles. The summed E-state index contributed by atoms with van der Waals surface area (Å²) in [6.07, 6.45) is 0. The van der Waals surface area contributed by atoms with Gasteiger partial charge in [-0.1, -0.05) is 35.9 Å². The molecular weight excluding hydrogens is 514 g/mol. The standard InChI is InChI=1S/C24H16ClNO7S2/c25-18-7-5-17(14-34(28,29)19-8-9-22-16(11-19)6-10-23(27)32-22)20(13-18)26-35(30,31)24-12-15-3-1-2-4-21(15)33-24/h1-13,26H,14H2. The first kappa shape index (κ1) is 23.2. The SMILES string of the molecule is O=c1ccc2cc(S(=O)(=O)Cc3ccc(Cl)cc3NS(=O)(=O)c3cc4ccccc4o3)ccc2o1. The van der Waals surface area contributed by atoms with E-state index in [0.29, 0.717) is 16.4 Å². The summed E-state index contributed by atoms with van der Waals surface area (Å²) in [4.78, 5) is 11.4. The molecule has 0 saturated heterocycles. The van der Waals surface area contributed by atoms with Gasteiger partial charge in [-0.3, -0.25) is 4.72 Å². The van der Waals surface area contributed by atoms with Crippen molar-refractivity contribution in [3.63, 3.8) is 0 Å². The molecule has 0 radical (unpaired) electrons. The van der Waals surface area contributed by atoms with Gasteiger partial charge in [-0.05, 0) is 48.0 Å². The number of sulfonamides is 1. The Labute approximate surface area is 204 Å². The number of hydrogen-bond donors (Lipinski definition) is 1. The molecule has 0 aliphatic heterocycles. The van der Waals surface area contributed by atoms with Gasteiger partial charge in [-0.2, -0.15) is 8.42 Å². The second-order valence-corrected chi connectivity index (χ2v) is 11.8. The zero-order chi connectivity index (χ0) is 24.8. The number of sulfone groups is 1. The van der Waals surface area contributed by atoms with Crippen molar-refractivity contribution in [2.24, 2.45) is 0 Å². The number of anilines is 1. The summed E-state index contributed by atoms with van der Waals surface area (Å²) in [6.45, 7) is 0. The van der Waals surface area contributed by atoms with Crippen molar-refractivity contribution in [1.29, 1.82) is 0 Å².